The molecule has 0 spiro atoms. The lowest BCUT2D eigenvalue weighted by Gasteiger charge is -2.25. The molecular weight excluding hydrogens is 346 g/mol. The Kier molecular flexibility index (Phi) is 5.91. The molecule has 0 bridgehead atoms. The zero-order chi connectivity index (χ0) is 19.3. The number of hydrogen-bond donors (Lipinski definition) is 2. The SMILES string of the molecule is CCNC(=NCC(C)(O)c1ccco1)N(C)Cc1ccc2c(c1)OCCO2. The van der Waals surface area contributed by atoms with Gasteiger partial charge in [-0.25, -0.2) is 4.99 Å². The maximum atomic E-state index is 10.6. The number of ether oxygens (including phenoxy) is 2. The number of furan rings is 1. The Morgan fingerprint density at radius 3 is 2.74 bits per heavy atom. The van der Waals surface area contributed by atoms with E-state index in [1.54, 1.807) is 25.3 Å². The fourth-order valence-corrected chi connectivity index (χ4v) is 2.90. The van der Waals surface area contributed by atoms with Gasteiger partial charge in [0.15, 0.2) is 17.5 Å². The Balaban J connectivity index is 1.70. The Hall–Kier alpha value is -2.67. The summed E-state index contributed by atoms with van der Waals surface area (Å²) in [6.45, 7) is 6.42. The van der Waals surface area contributed by atoms with E-state index in [1.807, 2.05) is 37.1 Å². The summed E-state index contributed by atoms with van der Waals surface area (Å²) in [5.41, 5.74) is -0.0766. The van der Waals surface area contributed by atoms with Crippen LogP contribution in [0.15, 0.2) is 46.0 Å². The highest BCUT2D eigenvalue weighted by molar-refractivity contribution is 5.79. The maximum absolute atomic E-state index is 10.6. The predicted molar refractivity (Wildman–Crippen MR) is 103 cm³/mol. The molecular formula is C20H27N3O4. The fraction of sp³-hybridized carbons (Fsp3) is 0.450. The van der Waals surface area contributed by atoms with Crippen molar-refractivity contribution in [2.75, 3.05) is 33.4 Å². The van der Waals surface area contributed by atoms with Crippen molar-refractivity contribution in [3.63, 3.8) is 0 Å². The van der Waals surface area contributed by atoms with Crippen LogP contribution in [0.2, 0.25) is 0 Å². The van der Waals surface area contributed by atoms with Crippen LogP contribution in [-0.2, 0) is 12.1 Å². The summed E-state index contributed by atoms with van der Waals surface area (Å²) in [6, 6.07) is 9.46. The topological polar surface area (TPSA) is 79.5 Å². The van der Waals surface area contributed by atoms with Gasteiger partial charge in [-0.05, 0) is 43.7 Å². The normalized spacial score (nSPS) is 15.9. The number of guanidine groups is 1. The van der Waals surface area contributed by atoms with Crippen molar-refractivity contribution >= 4 is 5.96 Å². The molecule has 1 unspecified atom stereocenters. The van der Waals surface area contributed by atoms with Crippen molar-refractivity contribution in [2.24, 2.45) is 4.99 Å². The van der Waals surface area contributed by atoms with Crippen LogP contribution in [0.25, 0.3) is 0 Å². The summed E-state index contributed by atoms with van der Waals surface area (Å²) in [5.74, 6) is 2.76. The average molecular weight is 373 g/mol. The molecule has 7 nitrogen and oxygen atoms in total. The molecule has 1 aromatic heterocycles. The van der Waals surface area contributed by atoms with E-state index < -0.39 is 5.60 Å². The highest BCUT2D eigenvalue weighted by atomic mass is 16.6. The van der Waals surface area contributed by atoms with Crippen LogP contribution in [-0.4, -0.2) is 49.3 Å². The number of aliphatic hydroxyl groups is 1. The van der Waals surface area contributed by atoms with Crippen LogP contribution in [0.1, 0.15) is 25.2 Å². The minimum atomic E-state index is -1.16. The summed E-state index contributed by atoms with van der Waals surface area (Å²) >= 11 is 0. The second-order valence-corrected chi connectivity index (χ2v) is 6.76. The van der Waals surface area contributed by atoms with E-state index in [-0.39, 0.29) is 6.54 Å². The molecule has 2 aromatic rings. The van der Waals surface area contributed by atoms with Crippen molar-refractivity contribution in [3.8, 4) is 11.5 Å². The molecule has 7 heteroatoms. The van der Waals surface area contributed by atoms with Crippen LogP contribution in [0.4, 0.5) is 0 Å². The molecule has 0 radical (unpaired) electrons. The zero-order valence-corrected chi connectivity index (χ0v) is 16.1. The highest BCUT2D eigenvalue weighted by Gasteiger charge is 2.26. The molecule has 146 valence electrons. The van der Waals surface area contributed by atoms with Crippen LogP contribution in [0.5, 0.6) is 11.5 Å². The van der Waals surface area contributed by atoms with E-state index in [0.717, 1.165) is 23.6 Å². The first-order chi connectivity index (χ1) is 13.0. The molecule has 1 atom stereocenters. The Labute approximate surface area is 159 Å². The molecule has 0 fully saturated rings. The number of rotatable bonds is 6. The monoisotopic (exact) mass is 373 g/mol. The molecule has 1 aliphatic heterocycles. The summed E-state index contributed by atoms with van der Waals surface area (Å²) in [5, 5.41) is 13.9. The van der Waals surface area contributed by atoms with Gasteiger partial charge in [0.2, 0.25) is 0 Å². The summed E-state index contributed by atoms with van der Waals surface area (Å²) < 4.78 is 16.5. The summed E-state index contributed by atoms with van der Waals surface area (Å²) in [6.07, 6.45) is 1.55. The van der Waals surface area contributed by atoms with E-state index in [9.17, 15) is 5.11 Å². The second-order valence-electron chi connectivity index (χ2n) is 6.76. The molecule has 27 heavy (non-hydrogen) atoms. The molecule has 0 aliphatic carbocycles. The molecule has 0 saturated carbocycles. The number of nitrogens with zero attached hydrogens (tertiary/aromatic N) is 2. The van der Waals surface area contributed by atoms with Gasteiger partial charge in [-0.1, -0.05) is 6.07 Å². The van der Waals surface area contributed by atoms with Gasteiger partial charge in [-0.15, -0.1) is 0 Å². The van der Waals surface area contributed by atoms with Gasteiger partial charge in [-0.2, -0.15) is 0 Å². The van der Waals surface area contributed by atoms with Gasteiger partial charge in [0.25, 0.3) is 0 Å². The van der Waals surface area contributed by atoms with Gasteiger partial charge in [0, 0.05) is 20.1 Å². The summed E-state index contributed by atoms with van der Waals surface area (Å²) in [4.78, 5) is 6.60. The van der Waals surface area contributed by atoms with Crippen molar-refractivity contribution in [1.29, 1.82) is 0 Å². The number of benzene rings is 1. The molecule has 3 rings (SSSR count). The zero-order valence-electron chi connectivity index (χ0n) is 16.1. The number of hydrogen-bond acceptors (Lipinski definition) is 5. The fourth-order valence-electron chi connectivity index (χ4n) is 2.90. The number of aliphatic imine (C=N–C) groups is 1. The Bertz CT molecular complexity index is 772. The van der Waals surface area contributed by atoms with Gasteiger partial charge >= 0.3 is 0 Å². The Morgan fingerprint density at radius 2 is 2.04 bits per heavy atom. The third-order valence-electron chi connectivity index (χ3n) is 4.31. The van der Waals surface area contributed by atoms with E-state index in [1.165, 1.54) is 0 Å². The van der Waals surface area contributed by atoms with Crippen molar-refractivity contribution in [3.05, 3.63) is 47.9 Å². The van der Waals surface area contributed by atoms with E-state index in [0.29, 0.717) is 31.5 Å². The predicted octanol–water partition coefficient (Wildman–Crippen LogP) is 2.36. The lowest BCUT2D eigenvalue weighted by molar-refractivity contribution is 0.0435. The second kappa shape index (κ2) is 8.35. The van der Waals surface area contributed by atoms with Crippen LogP contribution >= 0.6 is 0 Å². The van der Waals surface area contributed by atoms with Crippen LogP contribution in [0.3, 0.4) is 0 Å². The third kappa shape index (κ3) is 4.74. The van der Waals surface area contributed by atoms with Gasteiger partial charge in [0.05, 0.1) is 12.8 Å². The molecule has 0 amide bonds. The molecule has 1 aliphatic rings. The molecule has 2 heterocycles. The first-order valence-electron chi connectivity index (χ1n) is 9.14. The number of nitrogens with one attached hydrogen (secondary N) is 1. The van der Waals surface area contributed by atoms with E-state index >= 15 is 0 Å². The minimum Gasteiger partial charge on any atom is -0.486 e. The lowest BCUT2D eigenvalue weighted by Crippen LogP contribution is -2.39. The van der Waals surface area contributed by atoms with Gasteiger partial charge in [-0.3, -0.25) is 0 Å². The quantitative estimate of drug-likeness (QED) is 0.598. The lowest BCUT2D eigenvalue weighted by atomic mass is 10.0. The van der Waals surface area contributed by atoms with Gasteiger partial charge < -0.3 is 29.2 Å². The largest absolute Gasteiger partial charge is 0.486 e. The smallest absolute Gasteiger partial charge is 0.194 e. The molecule has 1 aromatic carbocycles. The van der Waals surface area contributed by atoms with Crippen LogP contribution in [0, 0.1) is 0 Å². The number of fused-ring (bicyclic) bond motifs is 1. The first-order valence-corrected chi connectivity index (χ1v) is 9.14. The average Bonchev–Trinajstić information content (AvgIpc) is 3.21. The molecule has 2 N–H and O–H groups in total. The standard InChI is InChI=1S/C20H27N3O4/c1-4-21-19(22-14-20(2,24)18-6-5-9-27-18)23(3)13-15-7-8-16-17(12-15)26-11-10-25-16/h5-9,12,24H,4,10-11,13-14H2,1-3H3,(H,21,22). The highest BCUT2D eigenvalue weighted by Crippen LogP contribution is 2.31. The summed E-state index contributed by atoms with van der Waals surface area (Å²) in [7, 11) is 1.96. The molecule has 0 saturated heterocycles. The van der Waals surface area contributed by atoms with Crippen LogP contribution < -0.4 is 14.8 Å². The third-order valence-corrected chi connectivity index (χ3v) is 4.31. The minimum absolute atomic E-state index is 0.189. The first kappa shape index (κ1) is 19.1. The van der Waals surface area contributed by atoms with E-state index in [4.69, 9.17) is 13.9 Å². The maximum Gasteiger partial charge on any atom is 0.194 e. The Morgan fingerprint density at radius 1 is 1.26 bits per heavy atom. The van der Waals surface area contributed by atoms with Crippen molar-refractivity contribution < 1.29 is 19.0 Å². The van der Waals surface area contributed by atoms with E-state index in [2.05, 4.69) is 10.3 Å². The van der Waals surface area contributed by atoms with Gasteiger partial charge in [0.1, 0.15) is 24.6 Å². The van der Waals surface area contributed by atoms with Crippen molar-refractivity contribution in [2.45, 2.75) is 26.0 Å². The van der Waals surface area contributed by atoms with Crippen molar-refractivity contribution in [1.82, 2.24) is 10.2 Å².